The summed E-state index contributed by atoms with van der Waals surface area (Å²) in [7, 11) is 1.38. The van der Waals surface area contributed by atoms with Gasteiger partial charge in [0, 0.05) is 6.42 Å². The average Bonchev–Trinajstić information content (AvgIpc) is 3.26. The van der Waals surface area contributed by atoms with Crippen LogP contribution in [0.2, 0.25) is 0 Å². The maximum atomic E-state index is 13.0. The summed E-state index contributed by atoms with van der Waals surface area (Å²) in [5.74, 6) is -0.290. The number of aliphatic hydroxyl groups excluding tert-OH is 2. The number of carbonyl (C=O) groups excluding carboxylic acids is 1. The van der Waals surface area contributed by atoms with Crippen molar-refractivity contribution in [2.45, 2.75) is 193 Å². The second kappa shape index (κ2) is 44.9. The molecular formula is C55H96N2O7P+. The van der Waals surface area contributed by atoms with Crippen LogP contribution < -0.4 is 5.32 Å². The number of aliphatic hydroxyl groups is 2. The number of nitrogens with one attached hydrogen (secondary N) is 1. The largest absolute Gasteiger partial charge is 0.472 e. The van der Waals surface area contributed by atoms with E-state index in [1.54, 1.807) is 0 Å². The van der Waals surface area contributed by atoms with Crippen molar-refractivity contribution in [2.75, 3.05) is 40.9 Å². The molecule has 0 rings (SSSR count). The number of phosphoric ester groups is 1. The summed E-state index contributed by atoms with van der Waals surface area (Å²) in [6, 6.07) is -1.07. The molecule has 0 bridgehead atoms. The molecule has 0 radical (unpaired) electrons. The van der Waals surface area contributed by atoms with Crippen molar-refractivity contribution in [3.63, 3.8) is 0 Å². The molecule has 65 heavy (non-hydrogen) atoms. The third-order valence-corrected chi connectivity index (χ3v) is 11.6. The highest BCUT2D eigenvalue weighted by atomic mass is 31.2. The monoisotopic (exact) mass is 928 g/mol. The standard InChI is InChI=1S/C55H95N2O7P/c1-6-8-10-12-14-16-18-20-21-22-23-24-25-26-27-28-29-30-31-32-33-34-35-36-38-40-42-44-46-48-54(59)56-52(51-64-65(61,62)63-50-49-57(3,4)5)55(60)53(58)47-45-43-41-39-37-19-17-15-13-11-9-7-2/h8,10,14-17,20-21,23-24,26-27,29-30,32-33,39,41,52-53,55,58,60H,6-7,9,11-13,18-19,22,25,28,31,34-38,40,42-51H2,1-5H3,(H-,56,59,61,62)/p+1/b10-8-,16-14-,17-15+,21-20-,24-23-,27-26-,30-29-,33-32-,41-39+. The minimum Gasteiger partial charge on any atom is -0.390 e. The lowest BCUT2D eigenvalue weighted by Crippen LogP contribution is -2.51. The van der Waals surface area contributed by atoms with Gasteiger partial charge in [-0.25, -0.2) is 4.57 Å². The Morgan fingerprint density at radius 3 is 1.46 bits per heavy atom. The van der Waals surface area contributed by atoms with Gasteiger partial charge in [-0.2, -0.15) is 0 Å². The first-order valence-electron chi connectivity index (χ1n) is 25.3. The van der Waals surface area contributed by atoms with Crippen LogP contribution in [0.15, 0.2) is 109 Å². The van der Waals surface area contributed by atoms with Gasteiger partial charge in [0.15, 0.2) is 0 Å². The maximum Gasteiger partial charge on any atom is 0.472 e. The van der Waals surface area contributed by atoms with Gasteiger partial charge in [-0.05, 0) is 109 Å². The summed E-state index contributed by atoms with van der Waals surface area (Å²) in [5.41, 5.74) is 0. The highest BCUT2D eigenvalue weighted by Gasteiger charge is 2.31. The molecular weight excluding hydrogens is 832 g/mol. The molecule has 372 valence electrons. The summed E-state index contributed by atoms with van der Waals surface area (Å²) in [5, 5.41) is 24.7. The lowest BCUT2D eigenvalue weighted by atomic mass is 10.0. The molecule has 4 unspecified atom stereocenters. The van der Waals surface area contributed by atoms with E-state index in [0.29, 0.717) is 30.3 Å². The van der Waals surface area contributed by atoms with Crippen LogP contribution in [-0.4, -0.2) is 84.6 Å². The van der Waals surface area contributed by atoms with Gasteiger partial charge >= 0.3 is 7.82 Å². The Morgan fingerprint density at radius 2 is 0.969 bits per heavy atom. The zero-order chi connectivity index (χ0) is 48.0. The van der Waals surface area contributed by atoms with Crippen LogP contribution in [0.5, 0.6) is 0 Å². The minimum absolute atomic E-state index is 0.00498. The summed E-state index contributed by atoms with van der Waals surface area (Å²) in [6.07, 6.45) is 61.6. The molecule has 4 atom stereocenters. The number of nitrogens with zero attached hydrogens (tertiary/aromatic N) is 1. The molecule has 0 aliphatic rings. The molecule has 4 N–H and O–H groups in total. The summed E-state index contributed by atoms with van der Waals surface area (Å²) in [6.45, 7) is 4.39. The van der Waals surface area contributed by atoms with E-state index in [2.05, 4.69) is 129 Å². The first kappa shape index (κ1) is 62.1. The van der Waals surface area contributed by atoms with E-state index in [-0.39, 0.29) is 18.9 Å². The Bertz CT molecular complexity index is 1440. The Hall–Kier alpha value is -2.88. The quantitative estimate of drug-likeness (QED) is 0.0208. The van der Waals surface area contributed by atoms with Crippen molar-refractivity contribution in [2.24, 2.45) is 0 Å². The number of quaternary nitrogens is 1. The molecule has 0 aliphatic carbocycles. The van der Waals surface area contributed by atoms with E-state index in [0.717, 1.165) is 96.3 Å². The van der Waals surface area contributed by atoms with Gasteiger partial charge in [0.25, 0.3) is 0 Å². The molecule has 0 aromatic heterocycles. The van der Waals surface area contributed by atoms with E-state index in [1.807, 2.05) is 21.1 Å². The van der Waals surface area contributed by atoms with Gasteiger partial charge in [0.2, 0.25) is 5.91 Å². The first-order chi connectivity index (χ1) is 31.4. The smallest absolute Gasteiger partial charge is 0.390 e. The van der Waals surface area contributed by atoms with Crippen molar-refractivity contribution in [3.8, 4) is 0 Å². The van der Waals surface area contributed by atoms with Crippen molar-refractivity contribution in [3.05, 3.63) is 109 Å². The fourth-order valence-corrected chi connectivity index (χ4v) is 7.28. The van der Waals surface area contributed by atoms with Crippen LogP contribution in [0.3, 0.4) is 0 Å². The third-order valence-electron chi connectivity index (χ3n) is 10.6. The van der Waals surface area contributed by atoms with E-state index in [1.165, 1.54) is 38.5 Å². The van der Waals surface area contributed by atoms with Gasteiger partial charge in [0.05, 0.1) is 39.9 Å². The molecule has 0 saturated carbocycles. The number of allylic oxidation sites excluding steroid dienone is 18. The van der Waals surface area contributed by atoms with Crippen LogP contribution >= 0.6 is 7.82 Å². The fraction of sp³-hybridized carbons (Fsp3) is 0.655. The Morgan fingerprint density at radius 1 is 0.554 bits per heavy atom. The number of carbonyl (C=O) groups is 1. The molecule has 0 heterocycles. The number of amides is 1. The zero-order valence-corrected chi connectivity index (χ0v) is 42.7. The van der Waals surface area contributed by atoms with Gasteiger partial charge in [0.1, 0.15) is 19.3 Å². The highest BCUT2D eigenvalue weighted by molar-refractivity contribution is 7.47. The second-order valence-electron chi connectivity index (χ2n) is 17.9. The highest BCUT2D eigenvalue weighted by Crippen LogP contribution is 2.43. The van der Waals surface area contributed by atoms with Gasteiger partial charge in [-0.1, -0.05) is 168 Å². The van der Waals surface area contributed by atoms with Gasteiger partial charge in [-0.15, -0.1) is 0 Å². The van der Waals surface area contributed by atoms with Crippen LogP contribution in [0.4, 0.5) is 0 Å². The summed E-state index contributed by atoms with van der Waals surface area (Å²) in [4.78, 5) is 23.2. The molecule has 0 spiro atoms. The normalized spacial score (nSPS) is 15.5. The predicted octanol–water partition coefficient (Wildman–Crippen LogP) is 13.8. The lowest BCUT2D eigenvalue weighted by Gasteiger charge is -2.28. The SMILES string of the molecule is CC/C=C\C/C=C\C/C=C\C/C=C\C/C=C\C/C=C\C/C=C\CCCCCCCCCC(=O)NC(COP(=O)(O)OCC[N+](C)(C)C)C(O)C(O)CCC/C=C/CC/C=C/CCCCC. The van der Waals surface area contributed by atoms with Gasteiger partial charge in [-0.3, -0.25) is 13.8 Å². The van der Waals surface area contributed by atoms with Crippen molar-refractivity contribution < 1.29 is 38.0 Å². The van der Waals surface area contributed by atoms with E-state index in [4.69, 9.17) is 9.05 Å². The molecule has 1 amide bonds. The third kappa shape index (κ3) is 46.0. The Balaban J connectivity index is 4.38. The fourth-order valence-electron chi connectivity index (χ4n) is 6.55. The number of phosphoric acid groups is 1. The number of hydrogen-bond donors (Lipinski definition) is 4. The van der Waals surface area contributed by atoms with Crippen LogP contribution in [0.1, 0.15) is 174 Å². The topological polar surface area (TPSA) is 125 Å². The molecule has 0 aromatic rings. The lowest BCUT2D eigenvalue weighted by molar-refractivity contribution is -0.870. The van der Waals surface area contributed by atoms with E-state index < -0.39 is 32.7 Å². The molecule has 0 aromatic carbocycles. The maximum absolute atomic E-state index is 13.0. The number of likely N-dealkylation sites (N-methyl/N-ethyl adjacent to an activating group) is 1. The summed E-state index contributed by atoms with van der Waals surface area (Å²) >= 11 is 0. The van der Waals surface area contributed by atoms with Crippen LogP contribution in [0, 0.1) is 0 Å². The Kier molecular flexibility index (Phi) is 42.9. The van der Waals surface area contributed by atoms with Crippen molar-refractivity contribution in [1.29, 1.82) is 0 Å². The van der Waals surface area contributed by atoms with Crippen LogP contribution in [-0.2, 0) is 18.4 Å². The summed E-state index contributed by atoms with van der Waals surface area (Å²) < 4.78 is 23.5. The van der Waals surface area contributed by atoms with Gasteiger partial charge < -0.3 is 24.9 Å². The molecule has 9 nitrogen and oxygen atoms in total. The number of hydrogen-bond acceptors (Lipinski definition) is 6. The second-order valence-corrected chi connectivity index (χ2v) is 19.4. The number of unbranched alkanes of at least 4 members (excludes halogenated alkanes) is 12. The van der Waals surface area contributed by atoms with Crippen LogP contribution in [0.25, 0.3) is 0 Å². The zero-order valence-electron chi connectivity index (χ0n) is 41.8. The van der Waals surface area contributed by atoms with Crippen molar-refractivity contribution >= 4 is 13.7 Å². The van der Waals surface area contributed by atoms with E-state index >= 15 is 0 Å². The molecule has 0 aliphatic heterocycles. The number of rotatable bonds is 44. The van der Waals surface area contributed by atoms with E-state index in [9.17, 15) is 24.5 Å². The molecule has 10 heteroatoms. The minimum atomic E-state index is -4.44. The molecule has 0 fully saturated rings. The predicted molar refractivity (Wildman–Crippen MR) is 278 cm³/mol. The van der Waals surface area contributed by atoms with Crippen molar-refractivity contribution in [1.82, 2.24) is 5.32 Å². The average molecular weight is 928 g/mol. The Labute approximate surface area is 398 Å². The molecule has 0 saturated heterocycles. The first-order valence-corrected chi connectivity index (χ1v) is 26.8.